The molecule has 1 heterocycles. The lowest BCUT2D eigenvalue weighted by molar-refractivity contribution is 0.308. The largest absolute Gasteiger partial charge is 0.488 e. The van der Waals surface area contributed by atoms with Gasteiger partial charge >= 0.3 is 0 Å². The highest BCUT2D eigenvalue weighted by Gasteiger charge is 2.04. The molecule has 0 aliphatic rings. The molecule has 0 saturated carbocycles. The summed E-state index contributed by atoms with van der Waals surface area (Å²) < 4.78 is 5.79. The van der Waals surface area contributed by atoms with E-state index >= 15 is 0 Å². The molecule has 2 nitrogen and oxygen atoms in total. The summed E-state index contributed by atoms with van der Waals surface area (Å²) in [6, 6.07) is 10.1. The fraction of sp³-hybridized carbons (Fsp3) is 0.286. The predicted octanol–water partition coefficient (Wildman–Crippen LogP) is 3.78. The molecule has 2 N–H and O–H groups in total. The van der Waals surface area contributed by atoms with Crippen LogP contribution in [0.15, 0.2) is 30.3 Å². The number of thiophene rings is 1. The van der Waals surface area contributed by atoms with Gasteiger partial charge < -0.3 is 10.5 Å². The third-order valence-electron chi connectivity index (χ3n) is 2.76. The van der Waals surface area contributed by atoms with E-state index in [4.69, 9.17) is 10.5 Å². The topological polar surface area (TPSA) is 35.2 Å². The van der Waals surface area contributed by atoms with E-state index in [0.29, 0.717) is 6.61 Å². The van der Waals surface area contributed by atoms with E-state index in [1.807, 2.05) is 25.1 Å². The first-order chi connectivity index (χ1) is 8.20. The lowest BCUT2D eigenvalue weighted by Gasteiger charge is -2.09. The molecule has 1 aromatic heterocycles. The van der Waals surface area contributed by atoms with Crippen LogP contribution in [0.3, 0.4) is 0 Å². The minimum Gasteiger partial charge on any atom is -0.488 e. The molecule has 3 heteroatoms. The number of anilines is 1. The van der Waals surface area contributed by atoms with Gasteiger partial charge in [0.1, 0.15) is 12.4 Å². The Bertz CT molecular complexity index is 505. The van der Waals surface area contributed by atoms with Gasteiger partial charge in [-0.3, -0.25) is 0 Å². The Morgan fingerprint density at radius 3 is 2.65 bits per heavy atom. The Morgan fingerprint density at radius 1 is 1.18 bits per heavy atom. The number of aryl methyl sites for hydroxylation is 1. The molecule has 1 aromatic carbocycles. The van der Waals surface area contributed by atoms with Crippen LogP contribution in [0.25, 0.3) is 0 Å². The van der Waals surface area contributed by atoms with E-state index < -0.39 is 0 Å². The van der Waals surface area contributed by atoms with Crippen LogP contribution < -0.4 is 10.5 Å². The Kier molecular flexibility index (Phi) is 3.69. The van der Waals surface area contributed by atoms with E-state index in [1.165, 1.54) is 9.75 Å². The molecule has 0 amide bonds. The third-order valence-corrected chi connectivity index (χ3v) is 3.96. The second kappa shape index (κ2) is 5.23. The first-order valence-electron chi connectivity index (χ1n) is 5.76. The Hall–Kier alpha value is -1.48. The Labute approximate surface area is 106 Å². The lowest BCUT2D eigenvalue weighted by Crippen LogP contribution is -1.97. The van der Waals surface area contributed by atoms with Crippen LogP contribution in [0.5, 0.6) is 5.75 Å². The molecule has 0 unspecified atom stereocenters. The number of ether oxygens (including phenoxy) is 1. The molecule has 0 fully saturated rings. The first-order valence-corrected chi connectivity index (χ1v) is 6.58. The summed E-state index contributed by atoms with van der Waals surface area (Å²) in [4.78, 5) is 2.65. The normalized spacial score (nSPS) is 10.5. The zero-order chi connectivity index (χ0) is 12.3. The Balaban J connectivity index is 2.04. The van der Waals surface area contributed by atoms with Crippen LogP contribution in [-0.4, -0.2) is 0 Å². The maximum Gasteiger partial charge on any atom is 0.124 e. The summed E-state index contributed by atoms with van der Waals surface area (Å²) in [7, 11) is 0. The van der Waals surface area contributed by atoms with Crippen LogP contribution in [-0.2, 0) is 13.0 Å². The van der Waals surface area contributed by atoms with Crippen LogP contribution in [0.2, 0.25) is 0 Å². The van der Waals surface area contributed by atoms with Gasteiger partial charge in [0.15, 0.2) is 0 Å². The van der Waals surface area contributed by atoms with Crippen molar-refractivity contribution in [2.75, 3.05) is 5.73 Å². The highest BCUT2D eigenvalue weighted by molar-refractivity contribution is 7.11. The van der Waals surface area contributed by atoms with Gasteiger partial charge in [-0.2, -0.15) is 0 Å². The molecule has 0 aliphatic heterocycles. The maximum absolute atomic E-state index is 5.84. The van der Waals surface area contributed by atoms with E-state index in [0.717, 1.165) is 23.4 Å². The summed E-state index contributed by atoms with van der Waals surface area (Å²) in [6.45, 7) is 4.77. The molecule has 0 spiro atoms. The quantitative estimate of drug-likeness (QED) is 0.834. The number of benzene rings is 1. The van der Waals surface area contributed by atoms with Gasteiger partial charge in [0.2, 0.25) is 0 Å². The molecule has 0 bridgehead atoms. The molecule has 2 rings (SSSR count). The van der Waals surface area contributed by atoms with Crippen LogP contribution in [0.4, 0.5) is 5.69 Å². The molecule has 0 radical (unpaired) electrons. The van der Waals surface area contributed by atoms with Crippen molar-refractivity contribution in [3.05, 3.63) is 45.6 Å². The van der Waals surface area contributed by atoms with E-state index in [1.54, 1.807) is 11.3 Å². The Morgan fingerprint density at radius 2 is 1.94 bits per heavy atom. The molecular formula is C14H17NOS. The standard InChI is InChI=1S/C14H17NOS/c1-3-11-7-8-12(17-11)9-16-14-6-4-5-13(15)10(14)2/h4-8H,3,9,15H2,1-2H3. The van der Waals surface area contributed by atoms with Gasteiger partial charge in [-0.1, -0.05) is 13.0 Å². The third kappa shape index (κ3) is 2.80. The van der Waals surface area contributed by atoms with Crippen molar-refractivity contribution in [3.8, 4) is 5.75 Å². The minimum atomic E-state index is 0.620. The van der Waals surface area contributed by atoms with Gasteiger partial charge in [-0.25, -0.2) is 0 Å². The zero-order valence-electron chi connectivity index (χ0n) is 10.2. The monoisotopic (exact) mass is 247 g/mol. The summed E-state index contributed by atoms with van der Waals surface area (Å²) >= 11 is 1.81. The number of nitrogens with two attached hydrogens (primary N) is 1. The number of hydrogen-bond donors (Lipinski definition) is 1. The van der Waals surface area contributed by atoms with E-state index in [9.17, 15) is 0 Å². The van der Waals surface area contributed by atoms with Crippen molar-refractivity contribution in [2.24, 2.45) is 0 Å². The number of nitrogen functional groups attached to an aromatic ring is 1. The van der Waals surface area contributed by atoms with E-state index in [-0.39, 0.29) is 0 Å². The summed E-state index contributed by atoms with van der Waals surface area (Å²) in [5.74, 6) is 0.872. The summed E-state index contributed by atoms with van der Waals surface area (Å²) in [5.41, 5.74) is 7.63. The van der Waals surface area contributed by atoms with Gasteiger partial charge in [0.05, 0.1) is 0 Å². The molecule has 2 aromatic rings. The molecular weight excluding hydrogens is 230 g/mol. The minimum absolute atomic E-state index is 0.620. The molecule has 0 saturated heterocycles. The van der Waals surface area contributed by atoms with Crippen molar-refractivity contribution < 1.29 is 4.74 Å². The van der Waals surface area contributed by atoms with Crippen molar-refractivity contribution in [2.45, 2.75) is 26.9 Å². The number of rotatable bonds is 4. The van der Waals surface area contributed by atoms with Gasteiger partial charge in [-0.15, -0.1) is 11.3 Å². The van der Waals surface area contributed by atoms with Crippen LogP contribution in [0, 0.1) is 6.92 Å². The maximum atomic E-state index is 5.84. The molecule has 0 atom stereocenters. The predicted molar refractivity (Wildman–Crippen MR) is 73.6 cm³/mol. The van der Waals surface area contributed by atoms with Crippen molar-refractivity contribution in [1.82, 2.24) is 0 Å². The fourth-order valence-corrected chi connectivity index (χ4v) is 2.50. The van der Waals surface area contributed by atoms with Crippen molar-refractivity contribution in [3.63, 3.8) is 0 Å². The molecule has 0 aliphatic carbocycles. The van der Waals surface area contributed by atoms with Crippen molar-refractivity contribution in [1.29, 1.82) is 0 Å². The summed E-state index contributed by atoms with van der Waals surface area (Å²) in [5, 5.41) is 0. The fourth-order valence-electron chi connectivity index (χ4n) is 1.63. The molecule has 17 heavy (non-hydrogen) atoms. The highest BCUT2D eigenvalue weighted by Crippen LogP contribution is 2.25. The zero-order valence-corrected chi connectivity index (χ0v) is 11.0. The molecule has 90 valence electrons. The number of hydrogen-bond acceptors (Lipinski definition) is 3. The van der Waals surface area contributed by atoms with Gasteiger partial charge in [-0.05, 0) is 37.6 Å². The van der Waals surface area contributed by atoms with E-state index in [2.05, 4.69) is 19.1 Å². The van der Waals surface area contributed by atoms with Crippen LogP contribution in [0.1, 0.15) is 22.2 Å². The van der Waals surface area contributed by atoms with Crippen molar-refractivity contribution >= 4 is 17.0 Å². The summed E-state index contributed by atoms with van der Waals surface area (Å²) in [6.07, 6.45) is 1.09. The average molecular weight is 247 g/mol. The first kappa shape index (κ1) is 12.0. The second-order valence-corrected chi connectivity index (χ2v) is 5.23. The second-order valence-electron chi connectivity index (χ2n) is 3.98. The SMILES string of the molecule is CCc1ccc(COc2cccc(N)c2C)s1. The highest BCUT2D eigenvalue weighted by atomic mass is 32.1. The van der Waals surface area contributed by atoms with Gasteiger partial charge in [0, 0.05) is 21.0 Å². The van der Waals surface area contributed by atoms with Crippen LogP contribution >= 0.6 is 11.3 Å². The average Bonchev–Trinajstić information content (AvgIpc) is 2.79. The lowest BCUT2D eigenvalue weighted by atomic mass is 10.2. The smallest absolute Gasteiger partial charge is 0.124 e. The van der Waals surface area contributed by atoms with Gasteiger partial charge in [0.25, 0.3) is 0 Å².